The molecule has 0 aliphatic rings. The second-order valence-electron chi connectivity index (χ2n) is 4.93. The van der Waals surface area contributed by atoms with Crippen LogP contribution in [0.3, 0.4) is 0 Å². The van der Waals surface area contributed by atoms with Crippen molar-refractivity contribution in [3.8, 4) is 11.5 Å². The fourth-order valence-electron chi connectivity index (χ4n) is 1.85. The molecule has 0 amide bonds. The van der Waals surface area contributed by atoms with E-state index in [-0.39, 0.29) is 35.8 Å². The summed E-state index contributed by atoms with van der Waals surface area (Å²) in [5.74, 6) is -2.70. The van der Waals surface area contributed by atoms with Gasteiger partial charge in [-0.2, -0.15) is 0 Å². The molecule has 0 radical (unpaired) electrons. The normalized spacial score (nSPS) is 10.4. The summed E-state index contributed by atoms with van der Waals surface area (Å²) in [6.07, 6.45) is -0.0448. The Balaban J connectivity index is 1.80. The average molecular weight is 434 g/mol. The molecular formula is C17H12BrClF2O4. The van der Waals surface area contributed by atoms with Crippen LogP contribution >= 0.6 is 27.5 Å². The van der Waals surface area contributed by atoms with E-state index in [0.29, 0.717) is 4.47 Å². The van der Waals surface area contributed by atoms with Gasteiger partial charge in [-0.1, -0.05) is 17.7 Å². The zero-order valence-electron chi connectivity index (χ0n) is 12.7. The van der Waals surface area contributed by atoms with E-state index >= 15 is 0 Å². The van der Waals surface area contributed by atoms with E-state index in [4.69, 9.17) is 21.1 Å². The van der Waals surface area contributed by atoms with Gasteiger partial charge in [0.05, 0.1) is 9.50 Å². The van der Waals surface area contributed by atoms with Crippen LogP contribution < -0.4 is 9.47 Å². The van der Waals surface area contributed by atoms with E-state index in [0.717, 1.165) is 18.2 Å². The zero-order chi connectivity index (χ0) is 18.4. The molecule has 0 spiro atoms. The highest BCUT2D eigenvalue weighted by Gasteiger charge is 2.14. The molecule has 0 bridgehead atoms. The predicted molar refractivity (Wildman–Crippen MR) is 90.6 cm³/mol. The molecule has 2 aromatic rings. The Morgan fingerprint density at radius 2 is 1.72 bits per heavy atom. The highest BCUT2D eigenvalue weighted by Crippen LogP contribution is 2.28. The zero-order valence-corrected chi connectivity index (χ0v) is 15.1. The van der Waals surface area contributed by atoms with Crippen LogP contribution in [-0.4, -0.2) is 11.9 Å². The molecule has 0 N–H and O–H groups in total. The van der Waals surface area contributed by atoms with Gasteiger partial charge in [-0.3, -0.25) is 9.59 Å². The lowest BCUT2D eigenvalue weighted by atomic mass is 10.2. The first-order valence-electron chi connectivity index (χ1n) is 7.17. The van der Waals surface area contributed by atoms with Gasteiger partial charge >= 0.3 is 11.9 Å². The van der Waals surface area contributed by atoms with Gasteiger partial charge in [0, 0.05) is 12.8 Å². The maximum absolute atomic E-state index is 13.5. The highest BCUT2D eigenvalue weighted by molar-refractivity contribution is 9.10. The van der Waals surface area contributed by atoms with Gasteiger partial charge in [0.1, 0.15) is 11.6 Å². The molecule has 0 atom stereocenters. The predicted octanol–water partition coefficient (Wildman–Crippen LogP) is 5.06. The van der Waals surface area contributed by atoms with Gasteiger partial charge in [0.15, 0.2) is 11.6 Å². The summed E-state index contributed by atoms with van der Waals surface area (Å²) in [5.41, 5.74) is 0. The van der Waals surface area contributed by atoms with Gasteiger partial charge in [0.25, 0.3) is 0 Å². The molecule has 4 nitrogen and oxygen atoms in total. The number of carbonyl (C=O) groups excluding carboxylic acids is 2. The Labute approximate surface area is 155 Å². The van der Waals surface area contributed by atoms with Crippen molar-refractivity contribution in [3.63, 3.8) is 0 Å². The first-order valence-corrected chi connectivity index (χ1v) is 8.34. The quantitative estimate of drug-likeness (QED) is 0.472. The Kier molecular flexibility index (Phi) is 6.90. The first kappa shape index (κ1) is 19.3. The number of benzene rings is 2. The van der Waals surface area contributed by atoms with Gasteiger partial charge in [-0.05, 0) is 52.7 Å². The number of para-hydroxylation sites is 1. The number of halogens is 4. The summed E-state index contributed by atoms with van der Waals surface area (Å²) >= 11 is 8.83. The average Bonchev–Trinajstić information content (AvgIpc) is 2.54. The number of hydrogen-bond donors (Lipinski definition) is 0. The fraction of sp³-hybridized carbons (Fsp3) is 0.176. The maximum Gasteiger partial charge on any atom is 0.311 e. The molecule has 0 heterocycles. The molecule has 0 unspecified atom stereocenters. The minimum Gasteiger partial charge on any atom is -0.425 e. The fourth-order valence-corrected chi connectivity index (χ4v) is 2.49. The Bertz CT molecular complexity index is 778. The standard InChI is InChI=1S/C17H12BrClF2O4/c18-11-9-10(20)7-8-14(11)24-15(22)5-2-6-16(23)25-17-12(19)3-1-4-13(17)21/h1,3-4,7-9H,2,5-6H2. The number of hydrogen-bond acceptors (Lipinski definition) is 4. The Morgan fingerprint density at radius 3 is 2.36 bits per heavy atom. The van der Waals surface area contributed by atoms with E-state index in [1.807, 2.05) is 0 Å². The van der Waals surface area contributed by atoms with Crippen LogP contribution in [0.15, 0.2) is 40.9 Å². The molecule has 2 aromatic carbocycles. The van der Waals surface area contributed by atoms with Crippen molar-refractivity contribution < 1.29 is 27.8 Å². The molecule has 0 aromatic heterocycles. The number of rotatable bonds is 6. The van der Waals surface area contributed by atoms with E-state index < -0.39 is 23.6 Å². The third kappa shape index (κ3) is 5.79. The smallest absolute Gasteiger partial charge is 0.311 e. The number of carbonyl (C=O) groups is 2. The Hall–Kier alpha value is -1.99. The first-order chi connectivity index (χ1) is 11.9. The summed E-state index contributed by atoms with van der Waals surface area (Å²) in [5, 5.41) is -0.0195. The van der Waals surface area contributed by atoms with Crippen molar-refractivity contribution in [1.82, 2.24) is 0 Å². The molecule has 0 saturated heterocycles. The topological polar surface area (TPSA) is 52.6 Å². The van der Waals surface area contributed by atoms with Crippen molar-refractivity contribution in [2.45, 2.75) is 19.3 Å². The van der Waals surface area contributed by atoms with Crippen LogP contribution in [0.2, 0.25) is 5.02 Å². The molecule has 2 rings (SSSR count). The summed E-state index contributed by atoms with van der Waals surface area (Å²) in [6, 6.07) is 7.53. The van der Waals surface area contributed by atoms with Gasteiger partial charge in [-0.25, -0.2) is 8.78 Å². The van der Waals surface area contributed by atoms with Crippen molar-refractivity contribution in [1.29, 1.82) is 0 Å². The van der Waals surface area contributed by atoms with Crippen LogP contribution in [0, 0.1) is 11.6 Å². The SMILES string of the molecule is O=C(CCCC(=O)Oc1c(F)cccc1Cl)Oc1ccc(F)cc1Br. The van der Waals surface area contributed by atoms with Crippen LogP contribution in [0.1, 0.15) is 19.3 Å². The number of esters is 2. The molecule has 0 aliphatic heterocycles. The molecule has 0 fully saturated rings. The minimum atomic E-state index is -0.749. The van der Waals surface area contributed by atoms with Crippen molar-refractivity contribution in [2.75, 3.05) is 0 Å². The van der Waals surface area contributed by atoms with Gasteiger partial charge in [-0.15, -0.1) is 0 Å². The molecule has 0 saturated carbocycles. The minimum absolute atomic E-state index is 0.0195. The molecular weight excluding hydrogens is 422 g/mol. The highest BCUT2D eigenvalue weighted by atomic mass is 79.9. The Morgan fingerprint density at radius 1 is 1.04 bits per heavy atom. The monoisotopic (exact) mass is 432 g/mol. The lowest BCUT2D eigenvalue weighted by Gasteiger charge is -2.08. The molecule has 25 heavy (non-hydrogen) atoms. The third-order valence-corrected chi connectivity index (χ3v) is 3.93. The lowest BCUT2D eigenvalue weighted by Crippen LogP contribution is -2.12. The van der Waals surface area contributed by atoms with Gasteiger partial charge < -0.3 is 9.47 Å². The van der Waals surface area contributed by atoms with Crippen molar-refractivity contribution >= 4 is 39.5 Å². The number of ether oxygens (including phenoxy) is 2. The maximum atomic E-state index is 13.5. The van der Waals surface area contributed by atoms with Crippen molar-refractivity contribution in [2.24, 2.45) is 0 Å². The third-order valence-electron chi connectivity index (χ3n) is 3.01. The summed E-state index contributed by atoms with van der Waals surface area (Å²) in [6.45, 7) is 0. The summed E-state index contributed by atoms with van der Waals surface area (Å²) < 4.78 is 36.7. The van der Waals surface area contributed by atoms with E-state index in [9.17, 15) is 18.4 Å². The van der Waals surface area contributed by atoms with Gasteiger partial charge in [0.2, 0.25) is 0 Å². The second kappa shape index (κ2) is 8.92. The van der Waals surface area contributed by atoms with Crippen LogP contribution in [0.25, 0.3) is 0 Å². The molecule has 0 aliphatic carbocycles. The largest absolute Gasteiger partial charge is 0.425 e. The van der Waals surface area contributed by atoms with Crippen molar-refractivity contribution in [3.05, 3.63) is 57.5 Å². The van der Waals surface area contributed by atoms with E-state index in [2.05, 4.69) is 15.9 Å². The van der Waals surface area contributed by atoms with Crippen LogP contribution in [-0.2, 0) is 9.59 Å². The lowest BCUT2D eigenvalue weighted by molar-refractivity contribution is -0.136. The summed E-state index contributed by atoms with van der Waals surface area (Å²) in [4.78, 5) is 23.4. The van der Waals surface area contributed by atoms with Crippen LogP contribution in [0.5, 0.6) is 11.5 Å². The summed E-state index contributed by atoms with van der Waals surface area (Å²) in [7, 11) is 0. The molecule has 8 heteroatoms. The van der Waals surface area contributed by atoms with E-state index in [1.54, 1.807) is 0 Å². The van der Waals surface area contributed by atoms with E-state index in [1.165, 1.54) is 18.2 Å². The van der Waals surface area contributed by atoms with Crippen LogP contribution in [0.4, 0.5) is 8.78 Å². The molecule has 132 valence electrons. The second-order valence-corrected chi connectivity index (χ2v) is 6.19.